The van der Waals surface area contributed by atoms with Gasteiger partial charge in [-0.3, -0.25) is 4.79 Å². The van der Waals surface area contributed by atoms with E-state index in [1.54, 1.807) is 0 Å². The van der Waals surface area contributed by atoms with Crippen LogP contribution in [0.3, 0.4) is 0 Å². The summed E-state index contributed by atoms with van der Waals surface area (Å²) in [5, 5.41) is 0. The van der Waals surface area contributed by atoms with Gasteiger partial charge in [-0.25, -0.2) is 0 Å². The minimum Gasteiger partial charge on any atom is -0.466 e. The molecule has 12 heavy (non-hydrogen) atoms. The van der Waals surface area contributed by atoms with Crippen molar-refractivity contribution in [1.82, 2.24) is 0 Å². The van der Waals surface area contributed by atoms with Crippen molar-refractivity contribution >= 4 is 5.97 Å². The van der Waals surface area contributed by atoms with Crippen LogP contribution in [0.25, 0.3) is 0 Å². The number of esters is 1. The second-order valence-corrected chi connectivity index (χ2v) is 3.84. The molecule has 0 aromatic heterocycles. The summed E-state index contributed by atoms with van der Waals surface area (Å²) in [6, 6.07) is 0. The van der Waals surface area contributed by atoms with Crippen LogP contribution in [0.5, 0.6) is 0 Å². The topological polar surface area (TPSA) is 26.3 Å². The minimum absolute atomic E-state index is 0.151. The lowest BCUT2D eigenvalue weighted by molar-refractivity contribution is -0.142. The Morgan fingerprint density at radius 1 is 1.50 bits per heavy atom. The summed E-state index contributed by atoms with van der Waals surface area (Å²) in [6.45, 7) is 2.10. The molecule has 66 valence electrons. The van der Waals surface area contributed by atoms with Crippen molar-refractivity contribution in [3.8, 4) is 0 Å². The number of fused-ring (bicyclic) bond motifs is 2. The van der Waals surface area contributed by atoms with Gasteiger partial charge in [-0.15, -0.1) is 0 Å². The molecule has 0 aromatic rings. The van der Waals surface area contributed by atoms with Gasteiger partial charge in [0.05, 0.1) is 6.61 Å². The van der Waals surface area contributed by atoms with Gasteiger partial charge in [0.25, 0.3) is 0 Å². The van der Waals surface area contributed by atoms with Crippen LogP contribution in [0.4, 0.5) is 0 Å². The van der Waals surface area contributed by atoms with E-state index in [9.17, 15) is 4.79 Å². The average molecular weight is 166 g/mol. The first kappa shape index (κ1) is 7.84. The molecule has 0 spiro atoms. The first-order valence-electron chi connectivity index (χ1n) is 4.57. The highest BCUT2D eigenvalue weighted by Crippen LogP contribution is 2.43. The first-order valence-corrected chi connectivity index (χ1v) is 4.57. The third-order valence-electron chi connectivity index (χ3n) is 2.92. The molecule has 0 aromatic carbocycles. The second-order valence-electron chi connectivity index (χ2n) is 3.84. The molecule has 0 aliphatic heterocycles. The first-order chi connectivity index (χ1) is 5.75. The lowest BCUT2D eigenvalue weighted by atomic mass is 9.95. The van der Waals surface area contributed by atoms with Crippen LogP contribution in [0.1, 0.15) is 19.8 Å². The lowest BCUT2D eigenvalue weighted by Gasteiger charge is -2.16. The predicted molar refractivity (Wildman–Crippen MR) is 45.5 cm³/mol. The molecule has 2 bridgehead atoms. The highest BCUT2D eigenvalue weighted by Gasteiger charge is 2.35. The highest BCUT2D eigenvalue weighted by atomic mass is 16.5. The maximum absolute atomic E-state index is 10.6. The number of hydrogen-bond acceptors (Lipinski definition) is 2. The molecule has 0 unspecified atom stereocenters. The molecular formula is C10H14O2. The SMILES string of the molecule is CC(=O)OC[C@@H]1C[C@H]2C=C[C@@H]1C2. The fourth-order valence-electron chi connectivity index (χ4n) is 2.31. The molecule has 1 saturated carbocycles. The van der Waals surface area contributed by atoms with Crippen LogP contribution >= 0.6 is 0 Å². The number of ether oxygens (including phenoxy) is 1. The molecule has 1 fully saturated rings. The van der Waals surface area contributed by atoms with Gasteiger partial charge in [-0.05, 0) is 30.6 Å². The zero-order valence-corrected chi connectivity index (χ0v) is 7.32. The number of carbonyl (C=O) groups excluding carboxylic acids is 1. The predicted octanol–water partition coefficient (Wildman–Crippen LogP) is 1.76. The quantitative estimate of drug-likeness (QED) is 0.461. The van der Waals surface area contributed by atoms with E-state index in [0.717, 1.165) is 5.92 Å². The van der Waals surface area contributed by atoms with Gasteiger partial charge in [-0.2, -0.15) is 0 Å². The monoisotopic (exact) mass is 166 g/mol. The van der Waals surface area contributed by atoms with Gasteiger partial charge in [0, 0.05) is 6.92 Å². The second kappa shape index (κ2) is 2.92. The van der Waals surface area contributed by atoms with E-state index < -0.39 is 0 Å². The Balaban J connectivity index is 1.83. The highest BCUT2D eigenvalue weighted by molar-refractivity contribution is 5.65. The van der Waals surface area contributed by atoms with Crippen LogP contribution in [0.2, 0.25) is 0 Å². The van der Waals surface area contributed by atoms with Crippen molar-refractivity contribution in [3.63, 3.8) is 0 Å². The Labute approximate surface area is 72.6 Å². The van der Waals surface area contributed by atoms with Gasteiger partial charge in [0.15, 0.2) is 0 Å². The molecule has 0 radical (unpaired) electrons. The third kappa shape index (κ3) is 1.38. The molecule has 2 nitrogen and oxygen atoms in total. The zero-order valence-electron chi connectivity index (χ0n) is 7.32. The molecule has 2 aliphatic carbocycles. The Hall–Kier alpha value is -0.790. The molecule has 3 atom stereocenters. The molecule has 0 saturated heterocycles. The van der Waals surface area contributed by atoms with Crippen LogP contribution in [-0.2, 0) is 9.53 Å². The summed E-state index contributed by atoms with van der Waals surface area (Å²) >= 11 is 0. The van der Waals surface area contributed by atoms with Crippen molar-refractivity contribution < 1.29 is 9.53 Å². The summed E-state index contributed by atoms with van der Waals surface area (Å²) in [5.41, 5.74) is 0. The number of hydrogen-bond donors (Lipinski definition) is 0. The fourth-order valence-corrected chi connectivity index (χ4v) is 2.31. The molecule has 2 rings (SSSR count). The minimum atomic E-state index is -0.151. The average Bonchev–Trinajstić information content (AvgIpc) is 2.60. The summed E-state index contributed by atoms with van der Waals surface area (Å²) in [7, 11) is 0. The number of carbonyl (C=O) groups is 1. The summed E-state index contributed by atoms with van der Waals surface area (Å²) < 4.78 is 5.01. The standard InChI is InChI=1S/C10H14O2/c1-7(11)12-6-10-5-8-2-3-9(10)4-8/h2-3,8-10H,4-6H2,1H3/t8-,9+,10-/m0/s1. The van der Waals surface area contributed by atoms with E-state index in [2.05, 4.69) is 12.2 Å². The van der Waals surface area contributed by atoms with Crippen LogP contribution in [0.15, 0.2) is 12.2 Å². The fraction of sp³-hybridized carbons (Fsp3) is 0.700. The Kier molecular flexibility index (Phi) is 1.91. The summed E-state index contributed by atoms with van der Waals surface area (Å²) in [6.07, 6.45) is 7.08. The maximum atomic E-state index is 10.6. The summed E-state index contributed by atoms with van der Waals surface area (Å²) in [4.78, 5) is 10.6. The van der Waals surface area contributed by atoms with E-state index in [1.807, 2.05) is 0 Å². The van der Waals surface area contributed by atoms with E-state index in [4.69, 9.17) is 4.74 Å². The Morgan fingerprint density at radius 2 is 2.33 bits per heavy atom. The lowest BCUT2D eigenvalue weighted by Crippen LogP contribution is -2.16. The van der Waals surface area contributed by atoms with Crippen LogP contribution in [0, 0.1) is 17.8 Å². The van der Waals surface area contributed by atoms with Gasteiger partial charge in [0.2, 0.25) is 0 Å². The Morgan fingerprint density at radius 3 is 2.83 bits per heavy atom. The smallest absolute Gasteiger partial charge is 0.302 e. The number of allylic oxidation sites excluding steroid dienone is 2. The normalized spacial score (nSPS) is 37.2. The largest absolute Gasteiger partial charge is 0.466 e. The zero-order chi connectivity index (χ0) is 8.55. The van der Waals surface area contributed by atoms with Crippen molar-refractivity contribution in [1.29, 1.82) is 0 Å². The van der Waals surface area contributed by atoms with Crippen LogP contribution in [-0.4, -0.2) is 12.6 Å². The van der Waals surface area contributed by atoms with E-state index >= 15 is 0 Å². The van der Waals surface area contributed by atoms with Crippen molar-refractivity contribution in [2.45, 2.75) is 19.8 Å². The maximum Gasteiger partial charge on any atom is 0.302 e. The third-order valence-corrected chi connectivity index (χ3v) is 2.92. The Bertz CT molecular complexity index is 220. The number of rotatable bonds is 2. The van der Waals surface area contributed by atoms with Gasteiger partial charge >= 0.3 is 5.97 Å². The van der Waals surface area contributed by atoms with Crippen LogP contribution < -0.4 is 0 Å². The molecule has 0 N–H and O–H groups in total. The molecule has 0 amide bonds. The van der Waals surface area contributed by atoms with Gasteiger partial charge in [-0.1, -0.05) is 12.2 Å². The molecule has 2 aliphatic rings. The van der Waals surface area contributed by atoms with E-state index in [1.165, 1.54) is 19.8 Å². The van der Waals surface area contributed by atoms with Gasteiger partial charge < -0.3 is 4.74 Å². The van der Waals surface area contributed by atoms with Crippen molar-refractivity contribution in [2.75, 3.05) is 6.61 Å². The molecular weight excluding hydrogens is 152 g/mol. The molecule has 0 heterocycles. The van der Waals surface area contributed by atoms with Gasteiger partial charge in [0.1, 0.15) is 0 Å². The summed E-state index contributed by atoms with van der Waals surface area (Å²) in [5.74, 6) is 1.91. The van der Waals surface area contributed by atoms with Crippen molar-refractivity contribution in [3.05, 3.63) is 12.2 Å². The van der Waals surface area contributed by atoms with E-state index in [0.29, 0.717) is 18.4 Å². The van der Waals surface area contributed by atoms with E-state index in [-0.39, 0.29) is 5.97 Å². The molecule has 2 heteroatoms. The van der Waals surface area contributed by atoms with Crippen molar-refractivity contribution in [2.24, 2.45) is 17.8 Å².